The number of rotatable bonds is 5. The molecule has 1 aliphatic heterocycles. The van der Waals surface area contributed by atoms with Crippen molar-refractivity contribution in [3.05, 3.63) is 65.2 Å². The van der Waals surface area contributed by atoms with E-state index >= 15 is 0 Å². The van der Waals surface area contributed by atoms with Crippen molar-refractivity contribution in [1.29, 1.82) is 0 Å². The van der Waals surface area contributed by atoms with E-state index in [4.69, 9.17) is 0 Å². The van der Waals surface area contributed by atoms with Crippen LogP contribution in [0.2, 0.25) is 0 Å². The fraction of sp³-hybridized carbons (Fsp3) is 0.263. The van der Waals surface area contributed by atoms with Crippen LogP contribution in [0.25, 0.3) is 0 Å². The Morgan fingerprint density at radius 2 is 1.88 bits per heavy atom. The molecule has 1 aliphatic rings. The summed E-state index contributed by atoms with van der Waals surface area (Å²) < 4.78 is 0. The largest absolute Gasteiger partial charge is 0.481 e. The van der Waals surface area contributed by atoms with Crippen molar-refractivity contribution in [1.82, 2.24) is 0 Å². The van der Waals surface area contributed by atoms with Crippen LogP contribution in [-0.4, -0.2) is 39.8 Å². The lowest BCUT2D eigenvalue weighted by Gasteiger charge is -2.40. The number of benzene rings is 2. The molecule has 0 spiro atoms. The van der Waals surface area contributed by atoms with E-state index in [0.29, 0.717) is 23.1 Å². The third-order valence-corrected chi connectivity index (χ3v) is 4.70. The average Bonchev–Trinajstić information content (AvgIpc) is 2.61. The molecule has 0 aliphatic carbocycles. The molecule has 3 rings (SSSR count). The van der Waals surface area contributed by atoms with E-state index in [2.05, 4.69) is 0 Å². The third kappa shape index (κ3) is 3.26. The maximum absolute atomic E-state index is 11.9. The molecule has 6 nitrogen and oxygen atoms in total. The number of hydroxylamine groups is 1. The van der Waals surface area contributed by atoms with Gasteiger partial charge < -0.3 is 10.2 Å². The van der Waals surface area contributed by atoms with Crippen molar-refractivity contribution in [3.63, 3.8) is 0 Å². The number of para-hydroxylation sites is 1. The van der Waals surface area contributed by atoms with Crippen LogP contribution < -0.4 is 5.06 Å². The number of aliphatic hydroxyl groups excluding tert-OH is 1. The fourth-order valence-electron chi connectivity index (χ4n) is 3.44. The molecule has 0 bridgehead atoms. The van der Waals surface area contributed by atoms with Gasteiger partial charge in [0.1, 0.15) is 6.29 Å². The molecule has 0 amide bonds. The van der Waals surface area contributed by atoms with Gasteiger partial charge >= 0.3 is 5.97 Å². The zero-order chi connectivity index (χ0) is 18.0. The molecule has 3 atom stereocenters. The van der Waals surface area contributed by atoms with E-state index < -0.39 is 24.0 Å². The Bertz CT molecular complexity index is 791. The summed E-state index contributed by atoms with van der Waals surface area (Å²) in [6, 6.07) is 12.7. The van der Waals surface area contributed by atoms with Gasteiger partial charge in [-0.15, -0.1) is 0 Å². The van der Waals surface area contributed by atoms with E-state index in [1.54, 1.807) is 48.5 Å². The van der Waals surface area contributed by atoms with Crippen molar-refractivity contribution >= 4 is 17.9 Å². The van der Waals surface area contributed by atoms with Gasteiger partial charge in [-0.2, -0.15) is 0 Å². The Morgan fingerprint density at radius 3 is 2.60 bits per heavy atom. The monoisotopic (exact) mass is 341 g/mol. The molecule has 0 saturated heterocycles. The topological polar surface area (TPSA) is 98.1 Å². The van der Waals surface area contributed by atoms with Crippen LogP contribution in [-0.2, 0) is 17.6 Å². The van der Waals surface area contributed by atoms with Crippen molar-refractivity contribution in [3.8, 4) is 0 Å². The molecular weight excluding hydrogens is 322 g/mol. The predicted octanol–water partition coefficient (Wildman–Crippen LogP) is 1.92. The molecule has 25 heavy (non-hydrogen) atoms. The van der Waals surface area contributed by atoms with Gasteiger partial charge in [-0.1, -0.05) is 42.5 Å². The lowest BCUT2D eigenvalue weighted by Crippen LogP contribution is -2.53. The molecule has 3 N–H and O–H groups in total. The second-order valence-corrected chi connectivity index (χ2v) is 6.20. The van der Waals surface area contributed by atoms with Crippen LogP contribution in [0, 0.1) is 5.92 Å². The van der Waals surface area contributed by atoms with Gasteiger partial charge in [0, 0.05) is 12.0 Å². The molecule has 3 unspecified atom stereocenters. The van der Waals surface area contributed by atoms with E-state index in [9.17, 15) is 25.0 Å². The summed E-state index contributed by atoms with van der Waals surface area (Å²) in [6.45, 7) is 0. The lowest BCUT2D eigenvalue weighted by atomic mass is 9.82. The second-order valence-electron chi connectivity index (χ2n) is 6.20. The minimum atomic E-state index is -1.14. The van der Waals surface area contributed by atoms with Crippen LogP contribution in [0.5, 0.6) is 0 Å². The number of aldehydes is 1. The number of hydrogen-bond acceptors (Lipinski definition) is 5. The standard InChI is InChI=1S/C19H19NO5/c21-11-14-7-2-1-5-12(14)9-15(19(23)24)18-17(22)10-13-6-3-4-8-16(13)20(18)25/h1-8,11,15,17-18,22,25H,9-10H2,(H,23,24). The van der Waals surface area contributed by atoms with E-state index in [1.807, 2.05) is 0 Å². The van der Waals surface area contributed by atoms with E-state index in [1.165, 1.54) is 0 Å². The van der Waals surface area contributed by atoms with E-state index in [-0.39, 0.29) is 12.8 Å². The van der Waals surface area contributed by atoms with Gasteiger partial charge in [0.05, 0.1) is 23.8 Å². The summed E-state index contributed by atoms with van der Waals surface area (Å²) in [7, 11) is 0. The normalized spacial score (nSPS) is 20.6. The summed E-state index contributed by atoms with van der Waals surface area (Å²) >= 11 is 0. The van der Waals surface area contributed by atoms with Crippen LogP contribution in [0.15, 0.2) is 48.5 Å². The maximum Gasteiger partial charge on any atom is 0.309 e. The fourth-order valence-corrected chi connectivity index (χ4v) is 3.44. The van der Waals surface area contributed by atoms with Crippen LogP contribution in [0.3, 0.4) is 0 Å². The third-order valence-electron chi connectivity index (χ3n) is 4.70. The second kappa shape index (κ2) is 7.04. The summed E-state index contributed by atoms with van der Waals surface area (Å²) in [5.41, 5.74) is 2.23. The van der Waals surface area contributed by atoms with Gasteiger partial charge in [-0.3, -0.25) is 19.9 Å². The Hall–Kier alpha value is -2.70. The minimum Gasteiger partial charge on any atom is -0.481 e. The number of carboxylic acid groups (broad SMARTS) is 1. The summed E-state index contributed by atoms with van der Waals surface area (Å²) in [6.07, 6.45) is -0.0656. The number of nitrogens with zero attached hydrogens (tertiary/aromatic N) is 1. The first-order chi connectivity index (χ1) is 12.0. The average molecular weight is 341 g/mol. The number of fused-ring (bicyclic) bond motifs is 1. The Kier molecular flexibility index (Phi) is 4.83. The van der Waals surface area contributed by atoms with Crippen molar-refractivity contribution in [2.45, 2.75) is 25.0 Å². The van der Waals surface area contributed by atoms with Gasteiger partial charge in [-0.25, -0.2) is 0 Å². The van der Waals surface area contributed by atoms with Crippen molar-refractivity contribution in [2.75, 3.05) is 5.06 Å². The smallest absolute Gasteiger partial charge is 0.309 e. The van der Waals surface area contributed by atoms with Crippen molar-refractivity contribution < 1.29 is 25.0 Å². The Labute approximate surface area is 144 Å². The number of carboxylic acids is 1. The van der Waals surface area contributed by atoms with Gasteiger partial charge in [0.25, 0.3) is 0 Å². The zero-order valence-corrected chi connectivity index (χ0v) is 13.4. The molecule has 6 heteroatoms. The molecule has 1 heterocycles. The highest BCUT2D eigenvalue weighted by molar-refractivity contribution is 5.78. The zero-order valence-electron chi connectivity index (χ0n) is 13.4. The lowest BCUT2D eigenvalue weighted by molar-refractivity contribution is -0.144. The molecule has 0 saturated carbocycles. The Morgan fingerprint density at radius 1 is 1.20 bits per heavy atom. The quantitative estimate of drug-likeness (QED) is 0.719. The summed E-state index contributed by atoms with van der Waals surface area (Å²) in [5, 5.41) is 31.6. The number of carbonyl (C=O) groups is 2. The number of hydrogen-bond donors (Lipinski definition) is 3. The first kappa shape index (κ1) is 17.1. The van der Waals surface area contributed by atoms with E-state index in [0.717, 1.165) is 10.6 Å². The molecule has 2 aromatic carbocycles. The van der Waals surface area contributed by atoms with Gasteiger partial charge in [-0.05, 0) is 23.6 Å². The van der Waals surface area contributed by atoms with Crippen LogP contribution in [0.1, 0.15) is 21.5 Å². The van der Waals surface area contributed by atoms with Gasteiger partial charge in [0.15, 0.2) is 0 Å². The first-order valence-corrected chi connectivity index (χ1v) is 8.03. The first-order valence-electron chi connectivity index (χ1n) is 8.03. The molecule has 2 aromatic rings. The highest BCUT2D eigenvalue weighted by atomic mass is 16.5. The molecule has 130 valence electrons. The maximum atomic E-state index is 11.9. The predicted molar refractivity (Wildman–Crippen MR) is 90.9 cm³/mol. The van der Waals surface area contributed by atoms with Gasteiger partial charge in [0.2, 0.25) is 0 Å². The van der Waals surface area contributed by atoms with Crippen LogP contribution >= 0.6 is 0 Å². The number of carbonyl (C=O) groups excluding carboxylic acids is 1. The molecular formula is C19H19NO5. The highest BCUT2D eigenvalue weighted by Crippen LogP contribution is 2.34. The molecule has 0 fully saturated rings. The summed E-state index contributed by atoms with van der Waals surface area (Å²) in [5.74, 6) is -2.21. The SMILES string of the molecule is O=Cc1ccccc1CC(C(=O)O)C1C(O)Cc2ccccc2N1O. The molecule has 0 radical (unpaired) electrons. The number of aliphatic hydroxyl groups is 1. The Balaban J connectivity index is 1.95. The van der Waals surface area contributed by atoms with Crippen molar-refractivity contribution in [2.24, 2.45) is 5.92 Å². The van der Waals surface area contributed by atoms with Crippen LogP contribution in [0.4, 0.5) is 5.69 Å². The molecule has 0 aromatic heterocycles. The number of aliphatic carboxylic acids is 1. The minimum absolute atomic E-state index is 0.0329. The highest BCUT2D eigenvalue weighted by Gasteiger charge is 2.41. The number of anilines is 1. The summed E-state index contributed by atoms with van der Waals surface area (Å²) in [4.78, 5) is 23.1.